The zero-order valence-corrected chi connectivity index (χ0v) is 27.6. The highest BCUT2D eigenvalue weighted by Gasteiger charge is 2.42. The van der Waals surface area contributed by atoms with E-state index < -0.39 is 17.8 Å². The predicted octanol–water partition coefficient (Wildman–Crippen LogP) is 3.95. The van der Waals surface area contributed by atoms with E-state index in [2.05, 4.69) is 25.1 Å². The van der Waals surface area contributed by atoms with Crippen LogP contribution < -0.4 is 20.7 Å². The first-order valence-corrected chi connectivity index (χ1v) is 17.7. The molecule has 4 atom stereocenters. The maximum absolute atomic E-state index is 16.8. The van der Waals surface area contributed by atoms with Crippen LogP contribution in [0.4, 0.5) is 24.1 Å². The number of methoxy groups -OCH3 is 1. The first-order valence-electron chi connectivity index (χ1n) is 16.1. The zero-order chi connectivity index (χ0) is 32.2. The Kier molecular flexibility index (Phi) is 8.58. The topological polar surface area (TPSA) is 114 Å². The Balaban J connectivity index is 0.000000309. The van der Waals surface area contributed by atoms with E-state index in [9.17, 15) is 8.78 Å². The van der Waals surface area contributed by atoms with Crippen LogP contribution in [-0.2, 0) is 9.47 Å². The molecule has 2 aromatic heterocycles. The number of ether oxygens (including phenoxy) is 3. The van der Waals surface area contributed by atoms with Crippen molar-refractivity contribution in [1.82, 2.24) is 29.5 Å². The molecule has 16 heteroatoms. The number of nitrogens with zero attached hydrogens (tertiary/aromatic N) is 6. The molecule has 252 valence electrons. The summed E-state index contributed by atoms with van der Waals surface area (Å²) >= 11 is 2.43. The number of thiazole rings is 1. The number of hydrogen-bond acceptors (Lipinski definition) is 13. The number of morpholine rings is 1. The normalized spacial score (nSPS) is 27.4. The van der Waals surface area contributed by atoms with Gasteiger partial charge in [0.15, 0.2) is 16.8 Å². The first-order chi connectivity index (χ1) is 22.9. The fraction of sp³-hybridized carbons (Fsp3) is 0.581. The fourth-order valence-corrected chi connectivity index (χ4v) is 9.38. The number of piperazine rings is 1. The lowest BCUT2D eigenvalue weighted by atomic mass is 10.0. The average molecular weight is 691 g/mol. The van der Waals surface area contributed by atoms with Crippen molar-refractivity contribution >= 4 is 56.0 Å². The van der Waals surface area contributed by atoms with E-state index in [0.29, 0.717) is 67.4 Å². The number of nitrogen functional groups attached to an aromatic ring is 1. The van der Waals surface area contributed by atoms with Gasteiger partial charge in [-0.05, 0) is 49.9 Å². The summed E-state index contributed by atoms with van der Waals surface area (Å²) in [5, 5.41) is 3.67. The van der Waals surface area contributed by atoms with Crippen LogP contribution in [0.15, 0.2) is 17.0 Å². The predicted molar refractivity (Wildman–Crippen MR) is 175 cm³/mol. The van der Waals surface area contributed by atoms with Gasteiger partial charge in [0.25, 0.3) is 0 Å². The number of rotatable bonds is 5. The minimum atomic E-state index is -0.544. The number of aromatic nitrogens is 3. The fourth-order valence-electron chi connectivity index (χ4n) is 7.39. The molecule has 4 unspecified atom stereocenters. The van der Waals surface area contributed by atoms with Crippen LogP contribution in [0.5, 0.6) is 6.01 Å². The third kappa shape index (κ3) is 5.80. The summed E-state index contributed by atoms with van der Waals surface area (Å²) in [5.41, 5.74) is 7.14. The summed E-state index contributed by atoms with van der Waals surface area (Å²) in [6.07, 6.45) is 2.81. The van der Waals surface area contributed by atoms with Crippen molar-refractivity contribution in [3.63, 3.8) is 0 Å². The van der Waals surface area contributed by atoms with Crippen molar-refractivity contribution in [3.8, 4) is 6.01 Å². The van der Waals surface area contributed by atoms with Crippen LogP contribution in [0, 0.1) is 11.7 Å². The second-order valence-electron chi connectivity index (χ2n) is 12.8. The highest BCUT2D eigenvalue weighted by molar-refractivity contribution is 7.97. The molecule has 6 aliphatic rings. The molecule has 8 heterocycles. The second kappa shape index (κ2) is 12.9. The number of benzene rings is 1. The summed E-state index contributed by atoms with van der Waals surface area (Å²) in [6, 6.07) is 3.66. The maximum Gasteiger partial charge on any atom is 0.318 e. The number of halogens is 3. The van der Waals surface area contributed by atoms with Crippen LogP contribution in [0.3, 0.4) is 0 Å². The molecular formula is C31H37F3N8O3S2. The standard InChI is InChI=1S/C24H25F2N7O3S2.C7H12FN/c1-34-24-30-18-16(26)19(14-2-3-15(25)20-17(14)29-23(27)37-20)32(6-11-7-35-8-11)38-21(18)22(31-24)33-12-4-28-5-13(33)10-36-9-12;8-6-4-7-2-1-3-9(7)5-6/h2-3,11-13,28H,4-10H2,1H3,(H2,27,29);6-7H,1-5H2. The zero-order valence-electron chi connectivity index (χ0n) is 26.0. The van der Waals surface area contributed by atoms with E-state index in [1.165, 1.54) is 38.0 Å². The molecule has 5 saturated heterocycles. The van der Waals surface area contributed by atoms with Gasteiger partial charge in [-0.1, -0.05) is 11.3 Å². The van der Waals surface area contributed by atoms with Gasteiger partial charge in [0, 0.05) is 43.7 Å². The van der Waals surface area contributed by atoms with Crippen LogP contribution >= 0.6 is 23.3 Å². The Morgan fingerprint density at radius 1 is 1.06 bits per heavy atom. The molecule has 6 aliphatic heterocycles. The molecule has 0 spiro atoms. The van der Waals surface area contributed by atoms with Gasteiger partial charge < -0.3 is 34.5 Å². The minimum Gasteiger partial charge on any atom is -0.467 e. The van der Waals surface area contributed by atoms with Gasteiger partial charge >= 0.3 is 6.01 Å². The molecule has 3 N–H and O–H groups in total. The van der Waals surface area contributed by atoms with Crippen molar-refractivity contribution in [2.24, 2.45) is 5.92 Å². The van der Waals surface area contributed by atoms with Gasteiger partial charge in [-0.25, -0.2) is 18.2 Å². The molecule has 1 aromatic carbocycles. The van der Waals surface area contributed by atoms with Crippen LogP contribution in [0.25, 0.3) is 21.7 Å². The lowest BCUT2D eigenvalue weighted by Gasteiger charge is -2.47. The van der Waals surface area contributed by atoms with Crippen molar-refractivity contribution < 1.29 is 27.4 Å². The van der Waals surface area contributed by atoms with E-state index in [0.717, 1.165) is 37.4 Å². The molecule has 0 aliphatic carbocycles. The molecule has 0 saturated carbocycles. The largest absolute Gasteiger partial charge is 0.467 e. The molecule has 47 heavy (non-hydrogen) atoms. The van der Waals surface area contributed by atoms with Gasteiger partial charge in [-0.3, -0.25) is 4.90 Å². The van der Waals surface area contributed by atoms with Crippen molar-refractivity contribution in [1.29, 1.82) is 0 Å². The number of nitrogens with one attached hydrogen (secondary N) is 1. The van der Waals surface area contributed by atoms with E-state index in [1.54, 1.807) is 6.07 Å². The Labute approximate surface area is 278 Å². The highest BCUT2D eigenvalue weighted by atomic mass is 32.2. The van der Waals surface area contributed by atoms with E-state index in [-0.39, 0.29) is 45.2 Å². The first kappa shape index (κ1) is 31.4. The summed E-state index contributed by atoms with van der Waals surface area (Å²) in [4.78, 5) is 18.7. The molecule has 2 bridgehead atoms. The van der Waals surface area contributed by atoms with Crippen molar-refractivity contribution in [2.75, 3.05) is 76.9 Å². The van der Waals surface area contributed by atoms with Crippen molar-refractivity contribution in [3.05, 3.63) is 29.2 Å². The molecular weight excluding hydrogens is 654 g/mol. The molecule has 0 radical (unpaired) electrons. The number of hydrogen-bond donors (Lipinski definition) is 2. The Hall–Kier alpha value is -2.89. The summed E-state index contributed by atoms with van der Waals surface area (Å²) in [7, 11) is 1.47. The smallest absolute Gasteiger partial charge is 0.318 e. The lowest BCUT2D eigenvalue weighted by molar-refractivity contribution is -0.0343. The number of alkyl halides is 1. The number of anilines is 2. The van der Waals surface area contributed by atoms with Gasteiger partial charge in [0.1, 0.15) is 22.6 Å². The van der Waals surface area contributed by atoms with E-state index >= 15 is 4.39 Å². The lowest BCUT2D eigenvalue weighted by Crippen LogP contribution is -2.64. The molecule has 5 fully saturated rings. The van der Waals surface area contributed by atoms with Crippen LogP contribution in [0.2, 0.25) is 0 Å². The molecule has 11 nitrogen and oxygen atoms in total. The molecule has 9 rings (SSSR count). The van der Waals surface area contributed by atoms with Crippen LogP contribution in [-0.4, -0.2) is 115 Å². The maximum atomic E-state index is 16.8. The number of fused-ring (bicyclic) bond motifs is 5. The third-order valence-corrected chi connectivity index (χ3v) is 11.6. The molecule has 3 aromatic rings. The third-order valence-electron chi connectivity index (χ3n) is 9.65. The quantitative estimate of drug-likeness (QED) is 0.378. The Morgan fingerprint density at radius 2 is 1.85 bits per heavy atom. The highest BCUT2D eigenvalue weighted by Crippen LogP contribution is 2.51. The van der Waals surface area contributed by atoms with Crippen molar-refractivity contribution in [2.45, 2.75) is 48.5 Å². The summed E-state index contributed by atoms with van der Waals surface area (Å²) < 4.78 is 62.9. The SMILES string of the molecule is COc1nc2c(c(N3C4CNCC3COC4)n1)SN(CC1COC1)C(c1ccc(F)c3sc(N)nc13)=C2F.FC1CC2CCCN2C1. The summed E-state index contributed by atoms with van der Waals surface area (Å²) in [5.74, 6) is -0.141. The minimum absolute atomic E-state index is 0.0448. The van der Waals surface area contributed by atoms with Gasteiger partial charge in [-0.15, -0.1) is 0 Å². The monoisotopic (exact) mass is 690 g/mol. The van der Waals surface area contributed by atoms with Gasteiger partial charge in [0.05, 0.1) is 61.5 Å². The van der Waals surface area contributed by atoms with Gasteiger partial charge in [-0.2, -0.15) is 9.97 Å². The molecule has 0 amide bonds. The van der Waals surface area contributed by atoms with E-state index in [1.807, 2.05) is 4.31 Å². The number of nitrogens with two attached hydrogens (primary N) is 1. The summed E-state index contributed by atoms with van der Waals surface area (Å²) in [6.45, 7) is 6.10. The Bertz CT molecular complexity index is 1660. The second-order valence-corrected chi connectivity index (χ2v) is 14.9. The average Bonchev–Trinajstić information content (AvgIpc) is 3.74. The van der Waals surface area contributed by atoms with E-state index in [4.69, 9.17) is 24.9 Å². The van der Waals surface area contributed by atoms with Crippen LogP contribution in [0.1, 0.15) is 30.5 Å². The van der Waals surface area contributed by atoms with Gasteiger partial charge in [0.2, 0.25) is 0 Å². The Morgan fingerprint density at radius 3 is 2.57 bits per heavy atom.